The number of rotatable bonds is 19. The lowest BCUT2D eigenvalue weighted by Gasteiger charge is -2.13. The molecular formula is C32H46O4S. The number of hydrogen-bond acceptors (Lipinski definition) is 5. The quantitative estimate of drug-likeness (QED) is 0.104. The zero-order valence-corrected chi connectivity index (χ0v) is 24.0. The van der Waals surface area contributed by atoms with Crippen molar-refractivity contribution < 1.29 is 19.1 Å². The van der Waals surface area contributed by atoms with Crippen molar-refractivity contribution in [3.63, 3.8) is 0 Å². The number of carbonyl (C=O) groups is 2. The first-order chi connectivity index (χ1) is 18.0. The Morgan fingerprint density at radius 2 is 1.22 bits per heavy atom. The van der Waals surface area contributed by atoms with Crippen LogP contribution >= 0.6 is 11.8 Å². The van der Waals surface area contributed by atoms with Crippen molar-refractivity contribution >= 4 is 23.7 Å². The summed E-state index contributed by atoms with van der Waals surface area (Å²) in [6.07, 6.45) is 13.8. The van der Waals surface area contributed by atoms with Gasteiger partial charge in [0.05, 0.1) is 12.2 Å². The van der Waals surface area contributed by atoms with Gasteiger partial charge in [-0.05, 0) is 60.9 Å². The first-order valence-corrected chi connectivity index (χ1v) is 15.2. The lowest BCUT2D eigenvalue weighted by atomic mass is 10.0. The molecule has 4 nitrogen and oxygen atoms in total. The van der Waals surface area contributed by atoms with Crippen molar-refractivity contribution in [2.75, 3.05) is 12.4 Å². The van der Waals surface area contributed by atoms with E-state index in [-0.39, 0.29) is 0 Å². The standard InChI is InChI=1S/C32H46O4S/c1-4-6-8-10-12-14-24-35-31(33)26(3)36-32(34)29-18-16-27(17-19-29)28-20-22-30(23-21-28)37-25-15-13-11-9-7-5-2/h16-23,26H,4-15,24-25H2,1-3H3/t26-/m0/s1. The van der Waals surface area contributed by atoms with Crippen LogP contribution in [-0.4, -0.2) is 30.4 Å². The maximum absolute atomic E-state index is 12.5. The van der Waals surface area contributed by atoms with Crippen molar-refractivity contribution in [2.24, 2.45) is 0 Å². The molecule has 0 saturated carbocycles. The summed E-state index contributed by atoms with van der Waals surface area (Å²) in [6.45, 7) is 6.37. The van der Waals surface area contributed by atoms with Gasteiger partial charge < -0.3 is 9.47 Å². The smallest absolute Gasteiger partial charge is 0.347 e. The number of esters is 2. The number of ether oxygens (including phenoxy) is 2. The van der Waals surface area contributed by atoms with Crippen LogP contribution in [0, 0.1) is 0 Å². The molecule has 37 heavy (non-hydrogen) atoms. The van der Waals surface area contributed by atoms with Gasteiger partial charge >= 0.3 is 11.9 Å². The predicted molar refractivity (Wildman–Crippen MR) is 155 cm³/mol. The summed E-state index contributed by atoms with van der Waals surface area (Å²) >= 11 is 1.91. The minimum Gasteiger partial charge on any atom is -0.463 e. The molecule has 1 atom stereocenters. The molecule has 204 valence electrons. The molecule has 0 aromatic heterocycles. The summed E-state index contributed by atoms with van der Waals surface area (Å²) in [6, 6.07) is 15.9. The highest BCUT2D eigenvalue weighted by atomic mass is 32.2. The molecule has 0 unspecified atom stereocenters. The van der Waals surface area contributed by atoms with Gasteiger partial charge in [0.1, 0.15) is 0 Å². The van der Waals surface area contributed by atoms with E-state index in [0.29, 0.717) is 12.2 Å². The van der Waals surface area contributed by atoms with E-state index < -0.39 is 18.0 Å². The lowest BCUT2D eigenvalue weighted by Crippen LogP contribution is -2.26. The Kier molecular flexibility index (Phi) is 15.8. The number of carbonyl (C=O) groups excluding carboxylic acids is 2. The molecule has 0 spiro atoms. The number of benzene rings is 2. The van der Waals surface area contributed by atoms with Gasteiger partial charge in [0, 0.05) is 4.90 Å². The van der Waals surface area contributed by atoms with E-state index >= 15 is 0 Å². The van der Waals surface area contributed by atoms with Crippen molar-refractivity contribution in [1.82, 2.24) is 0 Å². The first-order valence-electron chi connectivity index (χ1n) is 14.3. The van der Waals surface area contributed by atoms with Gasteiger partial charge in [-0.3, -0.25) is 0 Å². The van der Waals surface area contributed by atoms with E-state index in [1.165, 1.54) is 62.7 Å². The highest BCUT2D eigenvalue weighted by Gasteiger charge is 2.20. The number of unbranched alkanes of at least 4 members (excludes halogenated alkanes) is 10. The second-order valence-electron chi connectivity index (χ2n) is 9.70. The summed E-state index contributed by atoms with van der Waals surface area (Å²) in [5.74, 6) is 0.151. The minimum atomic E-state index is -0.923. The van der Waals surface area contributed by atoms with E-state index in [9.17, 15) is 9.59 Å². The first kappa shape index (κ1) is 31.0. The van der Waals surface area contributed by atoms with Crippen LogP contribution in [0.15, 0.2) is 53.4 Å². The van der Waals surface area contributed by atoms with Gasteiger partial charge in [0.25, 0.3) is 0 Å². The molecule has 0 heterocycles. The second kappa shape index (κ2) is 18.9. The van der Waals surface area contributed by atoms with Crippen molar-refractivity contribution in [3.05, 3.63) is 54.1 Å². The van der Waals surface area contributed by atoms with Crippen LogP contribution in [-0.2, 0) is 14.3 Å². The molecule has 0 saturated heterocycles. The van der Waals surface area contributed by atoms with Crippen LogP contribution in [0.2, 0.25) is 0 Å². The molecule has 0 aliphatic heterocycles. The van der Waals surface area contributed by atoms with E-state index in [4.69, 9.17) is 9.47 Å². The Morgan fingerprint density at radius 1 is 0.703 bits per heavy atom. The average molecular weight is 527 g/mol. The van der Waals surface area contributed by atoms with Crippen molar-refractivity contribution in [2.45, 2.75) is 109 Å². The van der Waals surface area contributed by atoms with E-state index in [1.807, 2.05) is 23.9 Å². The minimum absolute atomic E-state index is 0.373. The fourth-order valence-electron chi connectivity index (χ4n) is 4.06. The van der Waals surface area contributed by atoms with Crippen LogP contribution in [0.1, 0.15) is 108 Å². The SMILES string of the molecule is CCCCCCCCOC(=O)[C@H](C)OC(=O)c1ccc(-c2ccc(SCCCCCCCC)cc2)cc1. The van der Waals surface area contributed by atoms with Gasteiger partial charge in [-0.1, -0.05) is 102 Å². The van der Waals surface area contributed by atoms with Crippen LogP contribution in [0.5, 0.6) is 0 Å². The zero-order valence-electron chi connectivity index (χ0n) is 23.1. The summed E-state index contributed by atoms with van der Waals surface area (Å²) in [7, 11) is 0. The van der Waals surface area contributed by atoms with Crippen LogP contribution in [0.4, 0.5) is 0 Å². The summed E-state index contributed by atoms with van der Waals surface area (Å²) in [5.41, 5.74) is 2.57. The second-order valence-corrected chi connectivity index (χ2v) is 10.9. The largest absolute Gasteiger partial charge is 0.463 e. The molecule has 0 bridgehead atoms. The monoisotopic (exact) mass is 526 g/mol. The topological polar surface area (TPSA) is 52.6 Å². The van der Waals surface area contributed by atoms with Crippen LogP contribution in [0.3, 0.4) is 0 Å². The third-order valence-corrected chi connectivity index (χ3v) is 7.53. The molecule has 0 aliphatic carbocycles. The molecule has 0 fully saturated rings. The zero-order chi connectivity index (χ0) is 26.7. The maximum Gasteiger partial charge on any atom is 0.347 e. The van der Waals surface area contributed by atoms with Crippen LogP contribution < -0.4 is 0 Å². The van der Waals surface area contributed by atoms with E-state index in [1.54, 1.807) is 19.1 Å². The molecule has 2 aromatic rings. The highest BCUT2D eigenvalue weighted by Crippen LogP contribution is 2.25. The predicted octanol–water partition coefficient (Wildman–Crippen LogP) is 9.26. The molecule has 5 heteroatoms. The summed E-state index contributed by atoms with van der Waals surface area (Å²) < 4.78 is 10.6. The van der Waals surface area contributed by atoms with Gasteiger partial charge in [-0.15, -0.1) is 11.8 Å². The third-order valence-electron chi connectivity index (χ3n) is 6.43. The Labute approximate surface area is 228 Å². The van der Waals surface area contributed by atoms with Gasteiger partial charge in [0.2, 0.25) is 0 Å². The molecule has 0 radical (unpaired) electrons. The third kappa shape index (κ3) is 12.7. The Bertz CT molecular complexity index is 892. The van der Waals surface area contributed by atoms with Crippen molar-refractivity contribution in [3.8, 4) is 11.1 Å². The van der Waals surface area contributed by atoms with Crippen molar-refractivity contribution in [1.29, 1.82) is 0 Å². The molecule has 0 amide bonds. The van der Waals surface area contributed by atoms with Gasteiger partial charge in [-0.2, -0.15) is 0 Å². The van der Waals surface area contributed by atoms with Gasteiger partial charge in [-0.25, -0.2) is 9.59 Å². The molecule has 2 rings (SSSR count). The fraction of sp³-hybridized carbons (Fsp3) is 0.562. The molecular weight excluding hydrogens is 480 g/mol. The van der Waals surface area contributed by atoms with Crippen LogP contribution in [0.25, 0.3) is 11.1 Å². The normalized spacial score (nSPS) is 11.8. The Hall–Kier alpha value is -2.27. The summed E-state index contributed by atoms with van der Waals surface area (Å²) in [4.78, 5) is 25.9. The Balaban J connectivity index is 1.72. The average Bonchev–Trinajstić information content (AvgIpc) is 2.92. The lowest BCUT2D eigenvalue weighted by molar-refractivity contribution is -0.153. The number of thioether (sulfide) groups is 1. The fourth-order valence-corrected chi connectivity index (χ4v) is 4.98. The van der Waals surface area contributed by atoms with E-state index in [0.717, 1.165) is 36.1 Å². The van der Waals surface area contributed by atoms with E-state index in [2.05, 4.69) is 38.1 Å². The Morgan fingerprint density at radius 3 is 1.81 bits per heavy atom. The maximum atomic E-state index is 12.5. The number of hydrogen-bond donors (Lipinski definition) is 0. The summed E-state index contributed by atoms with van der Waals surface area (Å²) in [5, 5.41) is 0. The highest BCUT2D eigenvalue weighted by molar-refractivity contribution is 7.99. The molecule has 0 N–H and O–H groups in total. The van der Waals surface area contributed by atoms with Gasteiger partial charge in [0.15, 0.2) is 6.10 Å². The molecule has 2 aromatic carbocycles. The molecule has 0 aliphatic rings.